The molecule has 0 aliphatic carbocycles. The van der Waals surface area contributed by atoms with Crippen molar-refractivity contribution >= 4 is 28.1 Å². The van der Waals surface area contributed by atoms with Gasteiger partial charge in [-0.25, -0.2) is 4.98 Å². The van der Waals surface area contributed by atoms with E-state index in [0.717, 1.165) is 22.0 Å². The van der Waals surface area contributed by atoms with Gasteiger partial charge in [0.15, 0.2) is 11.1 Å². The van der Waals surface area contributed by atoms with Crippen LogP contribution < -0.4 is 0 Å². The summed E-state index contributed by atoms with van der Waals surface area (Å²) in [7, 11) is 0. The smallest absolute Gasteiger partial charge is 0.312 e. The first-order chi connectivity index (χ1) is 13.9. The topological polar surface area (TPSA) is 65.6 Å². The molecule has 0 aliphatic heterocycles. The Kier molecular flexibility index (Phi) is 5.07. The number of hydrogen-bond acceptors (Lipinski definition) is 5. The first-order valence-electron chi connectivity index (χ1n) is 9.33. The third kappa shape index (κ3) is 3.73. The van der Waals surface area contributed by atoms with Gasteiger partial charge in [-0.3, -0.25) is 14.0 Å². The normalized spacial score (nSPS) is 12.2. The molecule has 29 heavy (non-hydrogen) atoms. The quantitative estimate of drug-likeness (QED) is 0.356. The molecule has 0 N–H and O–H groups in total. The number of carbonyl (C=O) groups excluding carboxylic acids is 2. The van der Waals surface area contributed by atoms with Gasteiger partial charge in [0.2, 0.25) is 5.78 Å². The SMILES string of the molecule is Cc1cc(C(=O)[C@@H](C)OC(=O)Cc2cn3ccsc3n2)c(C)n1-c1ccccc1. The summed E-state index contributed by atoms with van der Waals surface area (Å²) < 4.78 is 9.30. The molecule has 0 radical (unpaired) electrons. The van der Waals surface area contributed by atoms with Crippen molar-refractivity contribution in [2.45, 2.75) is 33.3 Å². The van der Waals surface area contributed by atoms with Crippen molar-refractivity contribution in [3.8, 4) is 5.69 Å². The number of nitrogens with zero attached hydrogens (tertiary/aromatic N) is 3. The highest BCUT2D eigenvalue weighted by Gasteiger charge is 2.24. The van der Waals surface area contributed by atoms with Gasteiger partial charge in [0.25, 0.3) is 0 Å². The fraction of sp³-hybridized carbons (Fsp3) is 0.227. The van der Waals surface area contributed by atoms with Crippen LogP contribution in [0.5, 0.6) is 0 Å². The second-order valence-electron chi connectivity index (χ2n) is 6.95. The average molecular weight is 407 g/mol. The molecule has 7 heteroatoms. The summed E-state index contributed by atoms with van der Waals surface area (Å²) in [5.41, 5.74) is 3.97. The van der Waals surface area contributed by atoms with Crippen molar-refractivity contribution in [1.29, 1.82) is 0 Å². The number of esters is 1. The van der Waals surface area contributed by atoms with Gasteiger partial charge >= 0.3 is 5.97 Å². The Morgan fingerprint density at radius 3 is 2.69 bits per heavy atom. The van der Waals surface area contributed by atoms with Gasteiger partial charge in [-0.2, -0.15) is 0 Å². The molecule has 4 aromatic rings. The number of rotatable bonds is 6. The number of Topliss-reactive ketones (excluding diaryl/α,β-unsaturated/α-hetero) is 1. The number of carbonyl (C=O) groups is 2. The third-order valence-electron chi connectivity index (χ3n) is 4.86. The van der Waals surface area contributed by atoms with E-state index >= 15 is 0 Å². The monoisotopic (exact) mass is 407 g/mol. The Bertz CT molecular complexity index is 1160. The van der Waals surface area contributed by atoms with Crippen LogP contribution in [-0.2, 0) is 16.0 Å². The molecule has 3 heterocycles. The van der Waals surface area contributed by atoms with E-state index in [9.17, 15) is 9.59 Å². The van der Waals surface area contributed by atoms with E-state index in [1.165, 1.54) is 11.3 Å². The summed E-state index contributed by atoms with van der Waals surface area (Å²) in [5, 5.41) is 1.93. The third-order valence-corrected chi connectivity index (χ3v) is 5.63. The highest BCUT2D eigenvalue weighted by Crippen LogP contribution is 2.22. The molecular weight excluding hydrogens is 386 g/mol. The molecule has 4 rings (SSSR count). The van der Waals surface area contributed by atoms with Gasteiger partial charge in [0.05, 0.1) is 12.1 Å². The largest absolute Gasteiger partial charge is 0.454 e. The Labute approximate surface area is 172 Å². The second-order valence-corrected chi connectivity index (χ2v) is 7.83. The van der Waals surface area contributed by atoms with E-state index in [-0.39, 0.29) is 12.2 Å². The molecule has 0 amide bonds. The lowest BCUT2D eigenvalue weighted by Crippen LogP contribution is -2.25. The fourth-order valence-corrected chi connectivity index (χ4v) is 4.23. The highest BCUT2D eigenvalue weighted by atomic mass is 32.1. The van der Waals surface area contributed by atoms with Crippen molar-refractivity contribution in [3.05, 3.63) is 76.8 Å². The van der Waals surface area contributed by atoms with Crippen LogP contribution in [-0.4, -0.2) is 31.8 Å². The number of benzene rings is 1. The number of ketones is 1. The van der Waals surface area contributed by atoms with Crippen LogP contribution in [0.2, 0.25) is 0 Å². The first kappa shape index (κ1) is 19.1. The van der Waals surface area contributed by atoms with Crippen molar-refractivity contribution in [2.24, 2.45) is 0 Å². The summed E-state index contributed by atoms with van der Waals surface area (Å²) in [6, 6.07) is 11.7. The number of aryl methyl sites for hydroxylation is 1. The molecule has 1 aromatic carbocycles. The van der Waals surface area contributed by atoms with Crippen LogP contribution in [0.3, 0.4) is 0 Å². The fourth-order valence-electron chi connectivity index (χ4n) is 3.51. The highest BCUT2D eigenvalue weighted by molar-refractivity contribution is 7.15. The van der Waals surface area contributed by atoms with E-state index in [2.05, 4.69) is 4.98 Å². The number of imidazole rings is 1. The maximum atomic E-state index is 12.9. The lowest BCUT2D eigenvalue weighted by molar-refractivity contribution is -0.145. The maximum Gasteiger partial charge on any atom is 0.312 e. The van der Waals surface area contributed by atoms with Crippen LogP contribution in [0.4, 0.5) is 0 Å². The number of para-hydroxylation sites is 1. The predicted molar refractivity (Wildman–Crippen MR) is 112 cm³/mol. The van der Waals surface area contributed by atoms with Crippen molar-refractivity contribution in [3.63, 3.8) is 0 Å². The van der Waals surface area contributed by atoms with Crippen molar-refractivity contribution in [1.82, 2.24) is 14.0 Å². The molecule has 3 aromatic heterocycles. The van der Waals surface area contributed by atoms with Gasteiger partial charge in [-0.1, -0.05) is 18.2 Å². The zero-order chi connectivity index (χ0) is 20.5. The molecule has 0 saturated heterocycles. The van der Waals surface area contributed by atoms with Crippen LogP contribution in [0, 0.1) is 13.8 Å². The zero-order valence-electron chi connectivity index (χ0n) is 16.5. The minimum atomic E-state index is -0.865. The van der Waals surface area contributed by atoms with E-state index in [0.29, 0.717) is 11.3 Å². The minimum absolute atomic E-state index is 0.0368. The summed E-state index contributed by atoms with van der Waals surface area (Å²) in [6.45, 7) is 5.47. The molecule has 148 valence electrons. The standard InChI is InChI=1S/C22H21N3O3S/c1-14-11-19(15(2)25(14)18-7-5-4-6-8-18)21(27)16(3)28-20(26)12-17-13-24-9-10-29-22(24)23-17/h4-11,13,16H,12H2,1-3H3/t16-/m1/s1. The molecule has 0 saturated carbocycles. The van der Waals surface area contributed by atoms with Crippen LogP contribution in [0.1, 0.15) is 34.4 Å². The zero-order valence-corrected chi connectivity index (χ0v) is 17.3. The Morgan fingerprint density at radius 1 is 1.21 bits per heavy atom. The number of thiazole rings is 1. The molecule has 0 fully saturated rings. The van der Waals surface area contributed by atoms with Crippen LogP contribution in [0.25, 0.3) is 10.6 Å². The summed E-state index contributed by atoms with van der Waals surface area (Å²) in [6.07, 6.45) is 2.86. The summed E-state index contributed by atoms with van der Waals surface area (Å²) in [4.78, 5) is 30.5. The predicted octanol–water partition coefficient (Wildman–Crippen LogP) is 4.16. The molecule has 0 spiro atoms. The second kappa shape index (κ2) is 7.67. The Morgan fingerprint density at radius 2 is 1.97 bits per heavy atom. The molecule has 0 unspecified atom stereocenters. The Hall–Kier alpha value is -3.19. The maximum absolute atomic E-state index is 12.9. The first-order valence-corrected chi connectivity index (χ1v) is 10.2. The van der Waals surface area contributed by atoms with Gasteiger partial charge in [0, 0.05) is 40.4 Å². The van der Waals surface area contributed by atoms with Crippen molar-refractivity contribution < 1.29 is 14.3 Å². The Balaban J connectivity index is 1.47. The number of fused-ring (bicyclic) bond motifs is 1. The lowest BCUT2D eigenvalue weighted by atomic mass is 10.1. The summed E-state index contributed by atoms with van der Waals surface area (Å²) in [5.74, 6) is -0.673. The molecule has 0 bridgehead atoms. The van der Waals surface area contributed by atoms with Crippen molar-refractivity contribution in [2.75, 3.05) is 0 Å². The molecule has 0 aliphatic rings. The molecular formula is C22H21N3O3S. The van der Waals surface area contributed by atoms with Gasteiger partial charge in [0.1, 0.15) is 0 Å². The summed E-state index contributed by atoms with van der Waals surface area (Å²) >= 11 is 1.50. The molecule has 1 atom stereocenters. The van der Waals surface area contributed by atoms with E-state index in [1.807, 2.05) is 70.8 Å². The number of ether oxygens (including phenoxy) is 1. The van der Waals surface area contributed by atoms with E-state index in [4.69, 9.17) is 4.74 Å². The van der Waals surface area contributed by atoms with Crippen LogP contribution >= 0.6 is 11.3 Å². The van der Waals surface area contributed by atoms with Gasteiger partial charge in [-0.15, -0.1) is 11.3 Å². The number of aromatic nitrogens is 3. The van der Waals surface area contributed by atoms with E-state index in [1.54, 1.807) is 13.1 Å². The number of hydrogen-bond donors (Lipinski definition) is 0. The van der Waals surface area contributed by atoms with Gasteiger partial charge in [-0.05, 0) is 39.0 Å². The minimum Gasteiger partial charge on any atom is -0.454 e. The average Bonchev–Trinajstić information content (AvgIpc) is 3.35. The van der Waals surface area contributed by atoms with Gasteiger partial charge < -0.3 is 9.30 Å². The molecule has 6 nitrogen and oxygen atoms in total. The van der Waals surface area contributed by atoms with E-state index < -0.39 is 12.1 Å². The lowest BCUT2D eigenvalue weighted by Gasteiger charge is -2.13. The van der Waals surface area contributed by atoms with Crippen LogP contribution in [0.15, 0.2) is 54.2 Å².